The minimum absolute atomic E-state index is 0.0776. The number of amides is 1. The van der Waals surface area contributed by atoms with Gasteiger partial charge in [0, 0.05) is 23.6 Å². The first kappa shape index (κ1) is 25.2. The van der Waals surface area contributed by atoms with Crippen molar-refractivity contribution in [2.24, 2.45) is 7.05 Å². The number of halogens is 2. The van der Waals surface area contributed by atoms with Crippen LogP contribution >= 0.6 is 46.3 Å². The molecule has 1 N–H and O–H groups in total. The number of nitrogens with one attached hydrogen (secondary N) is 1. The molecule has 11 heteroatoms. The lowest BCUT2D eigenvalue weighted by Gasteiger charge is -2.09. The van der Waals surface area contributed by atoms with Crippen molar-refractivity contribution in [3.8, 4) is 22.5 Å². The Morgan fingerprint density at radius 2 is 1.86 bits per heavy atom. The highest BCUT2D eigenvalue weighted by atomic mass is 35.5. The second-order valence-electron chi connectivity index (χ2n) is 7.27. The van der Waals surface area contributed by atoms with Crippen molar-refractivity contribution in [1.29, 1.82) is 0 Å². The normalized spacial score (nSPS) is 10.9. The molecule has 180 valence electrons. The summed E-state index contributed by atoms with van der Waals surface area (Å²) in [4.78, 5) is 25.5. The molecule has 0 aliphatic carbocycles. The van der Waals surface area contributed by atoms with Crippen LogP contribution in [-0.4, -0.2) is 39.0 Å². The topological polar surface area (TPSA) is 86.1 Å². The molecule has 7 nitrogen and oxygen atoms in total. The monoisotopic (exact) mass is 546 g/mol. The maximum atomic E-state index is 12.8. The van der Waals surface area contributed by atoms with Gasteiger partial charge in [0.1, 0.15) is 10.6 Å². The average molecular weight is 547 g/mol. The van der Waals surface area contributed by atoms with Gasteiger partial charge in [-0.2, -0.15) is 0 Å². The number of carbonyl (C=O) groups excluding carboxylic acids is 2. The molecule has 2 heterocycles. The SMILES string of the molecule is CCOC(=O)c1c(-c2ccccc2)csc1NC(=O)CSc1nnc(-c2ccc(Cl)c(Cl)c2)n1C. The number of hydrogen-bond donors (Lipinski definition) is 1. The number of anilines is 1. The molecule has 4 aromatic rings. The van der Waals surface area contributed by atoms with Crippen molar-refractivity contribution in [2.75, 3.05) is 17.7 Å². The van der Waals surface area contributed by atoms with Gasteiger partial charge in [-0.25, -0.2) is 4.79 Å². The zero-order valence-corrected chi connectivity index (χ0v) is 21.9. The van der Waals surface area contributed by atoms with Gasteiger partial charge in [-0.3, -0.25) is 4.79 Å². The second kappa shape index (κ2) is 11.3. The van der Waals surface area contributed by atoms with E-state index in [1.165, 1.54) is 23.1 Å². The van der Waals surface area contributed by atoms with E-state index in [9.17, 15) is 9.59 Å². The predicted octanol–water partition coefficient (Wildman–Crippen LogP) is 6.42. The molecule has 0 aliphatic rings. The summed E-state index contributed by atoms with van der Waals surface area (Å²) < 4.78 is 7.03. The predicted molar refractivity (Wildman–Crippen MR) is 142 cm³/mol. The summed E-state index contributed by atoms with van der Waals surface area (Å²) in [6.45, 7) is 1.98. The largest absolute Gasteiger partial charge is 0.462 e. The van der Waals surface area contributed by atoms with E-state index in [1.807, 2.05) is 42.8 Å². The number of esters is 1. The lowest BCUT2D eigenvalue weighted by Crippen LogP contribution is -2.16. The van der Waals surface area contributed by atoms with Gasteiger partial charge in [-0.1, -0.05) is 65.3 Å². The molecule has 0 unspecified atom stereocenters. The third-order valence-corrected chi connectivity index (χ3v) is 7.61. The van der Waals surface area contributed by atoms with E-state index in [-0.39, 0.29) is 18.3 Å². The summed E-state index contributed by atoms with van der Waals surface area (Å²) in [5.41, 5.74) is 2.70. The highest BCUT2D eigenvalue weighted by molar-refractivity contribution is 7.99. The van der Waals surface area contributed by atoms with Crippen molar-refractivity contribution >= 4 is 63.2 Å². The van der Waals surface area contributed by atoms with E-state index < -0.39 is 5.97 Å². The smallest absolute Gasteiger partial charge is 0.341 e. The van der Waals surface area contributed by atoms with E-state index in [4.69, 9.17) is 27.9 Å². The van der Waals surface area contributed by atoms with Gasteiger partial charge in [0.15, 0.2) is 11.0 Å². The first-order valence-electron chi connectivity index (χ1n) is 10.5. The molecule has 0 saturated carbocycles. The third kappa shape index (κ3) is 5.70. The first-order valence-corrected chi connectivity index (χ1v) is 13.1. The fraction of sp³-hybridized carbons (Fsp3) is 0.167. The molecule has 0 spiro atoms. The Hall–Kier alpha value is -2.85. The van der Waals surface area contributed by atoms with E-state index in [0.717, 1.165) is 16.7 Å². The van der Waals surface area contributed by atoms with Crippen LogP contribution in [0.5, 0.6) is 0 Å². The van der Waals surface area contributed by atoms with E-state index in [0.29, 0.717) is 31.6 Å². The van der Waals surface area contributed by atoms with Gasteiger partial charge >= 0.3 is 5.97 Å². The molecule has 0 bridgehead atoms. The second-order valence-corrected chi connectivity index (χ2v) is 9.91. The fourth-order valence-corrected chi connectivity index (χ4v) is 5.29. The molecule has 0 saturated heterocycles. The van der Waals surface area contributed by atoms with Crippen LogP contribution < -0.4 is 5.32 Å². The maximum absolute atomic E-state index is 12.8. The van der Waals surface area contributed by atoms with Crippen LogP contribution in [-0.2, 0) is 16.6 Å². The fourth-order valence-electron chi connectivity index (χ4n) is 3.31. The molecule has 0 radical (unpaired) electrons. The van der Waals surface area contributed by atoms with Crippen molar-refractivity contribution < 1.29 is 14.3 Å². The summed E-state index contributed by atoms with van der Waals surface area (Å²) in [5, 5.41) is 15.0. The minimum atomic E-state index is -0.477. The van der Waals surface area contributed by atoms with E-state index in [2.05, 4.69) is 15.5 Å². The Kier molecular flexibility index (Phi) is 8.12. The van der Waals surface area contributed by atoms with Crippen molar-refractivity contribution in [3.63, 3.8) is 0 Å². The number of carbonyl (C=O) groups is 2. The number of thioether (sulfide) groups is 1. The summed E-state index contributed by atoms with van der Waals surface area (Å²) in [7, 11) is 1.81. The Labute approximate surface area is 220 Å². The summed E-state index contributed by atoms with van der Waals surface area (Å²) >= 11 is 14.6. The minimum Gasteiger partial charge on any atom is -0.462 e. The van der Waals surface area contributed by atoms with Crippen molar-refractivity contribution in [2.45, 2.75) is 12.1 Å². The number of hydrogen-bond acceptors (Lipinski definition) is 7. The van der Waals surface area contributed by atoms with E-state index >= 15 is 0 Å². The quantitative estimate of drug-likeness (QED) is 0.202. The zero-order valence-electron chi connectivity index (χ0n) is 18.7. The molecular weight excluding hydrogens is 527 g/mol. The molecular formula is C24H20Cl2N4O3S2. The maximum Gasteiger partial charge on any atom is 0.341 e. The molecule has 2 aromatic carbocycles. The zero-order chi connectivity index (χ0) is 24.9. The Bertz CT molecular complexity index is 1370. The molecule has 0 fully saturated rings. The number of ether oxygens (including phenoxy) is 1. The summed E-state index contributed by atoms with van der Waals surface area (Å²) in [6, 6.07) is 14.7. The highest BCUT2D eigenvalue weighted by Gasteiger charge is 2.23. The van der Waals surface area contributed by atoms with Crippen molar-refractivity contribution in [1.82, 2.24) is 14.8 Å². The van der Waals surface area contributed by atoms with Crippen LogP contribution in [0.3, 0.4) is 0 Å². The van der Waals surface area contributed by atoms with Gasteiger partial charge < -0.3 is 14.6 Å². The number of aromatic nitrogens is 3. The molecule has 0 aliphatic heterocycles. The van der Waals surface area contributed by atoms with Crippen LogP contribution in [0.15, 0.2) is 59.1 Å². The summed E-state index contributed by atoms with van der Waals surface area (Å²) in [5.74, 6) is -0.0770. The Balaban J connectivity index is 1.49. The molecule has 0 atom stereocenters. The van der Waals surface area contributed by atoms with Gasteiger partial charge in [0.05, 0.1) is 22.4 Å². The molecule has 4 rings (SSSR count). The Morgan fingerprint density at radius 3 is 2.57 bits per heavy atom. The standard InChI is InChI=1S/C24H20Cl2N4O3S2/c1-3-33-23(32)20-16(14-7-5-4-6-8-14)12-34-22(20)27-19(31)13-35-24-29-28-21(30(24)2)15-9-10-17(25)18(26)11-15/h4-12H,3,13H2,1-2H3,(H,27,31). The number of thiophene rings is 1. The van der Waals surface area contributed by atoms with Crippen molar-refractivity contribution in [3.05, 3.63) is 69.5 Å². The highest BCUT2D eigenvalue weighted by Crippen LogP contribution is 2.36. The van der Waals surface area contributed by atoms with Gasteiger partial charge in [0.2, 0.25) is 5.91 Å². The van der Waals surface area contributed by atoms with Gasteiger partial charge in [0.25, 0.3) is 0 Å². The molecule has 2 aromatic heterocycles. The lowest BCUT2D eigenvalue weighted by molar-refractivity contribution is -0.113. The van der Waals surface area contributed by atoms with E-state index in [1.54, 1.807) is 29.7 Å². The third-order valence-electron chi connectivity index (χ3n) is 4.95. The van der Waals surface area contributed by atoms with Crippen LogP contribution in [0.1, 0.15) is 17.3 Å². The Morgan fingerprint density at radius 1 is 1.09 bits per heavy atom. The number of benzene rings is 2. The van der Waals surface area contributed by atoms with Crippen LogP contribution in [0.4, 0.5) is 5.00 Å². The molecule has 1 amide bonds. The number of rotatable bonds is 8. The van der Waals surface area contributed by atoms with Crippen LogP contribution in [0.2, 0.25) is 10.0 Å². The lowest BCUT2D eigenvalue weighted by atomic mass is 10.0. The number of nitrogens with zero attached hydrogens (tertiary/aromatic N) is 3. The summed E-state index contributed by atoms with van der Waals surface area (Å²) in [6.07, 6.45) is 0. The van der Waals surface area contributed by atoms with Gasteiger partial charge in [-0.15, -0.1) is 21.5 Å². The molecule has 35 heavy (non-hydrogen) atoms. The van der Waals surface area contributed by atoms with Gasteiger partial charge in [-0.05, 0) is 30.7 Å². The van der Waals surface area contributed by atoms with Crippen LogP contribution in [0.25, 0.3) is 22.5 Å². The average Bonchev–Trinajstić information content (AvgIpc) is 3.43. The first-order chi connectivity index (χ1) is 16.9. The van der Waals surface area contributed by atoms with Crippen LogP contribution in [0, 0.1) is 0 Å².